The average Bonchev–Trinajstić information content (AvgIpc) is 2.89. The number of hydrogen-bond acceptors (Lipinski definition) is 5. The van der Waals surface area contributed by atoms with E-state index >= 15 is 0 Å². The Balaban J connectivity index is 1.86. The van der Waals surface area contributed by atoms with Crippen LogP contribution in [0.15, 0.2) is 11.6 Å². The van der Waals surface area contributed by atoms with E-state index in [9.17, 15) is 5.11 Å². The number of hydrogen-bond donors (Lipinski definition) is 1. The van der Waals surface area contributed by atoms with Crippen molar-refractivity contribution in [2.45, 2.75) is 45.3 Å². The molecular weight excluding hydrogens is 260 g/mol. The van der Waals surface area contributed by atoms with Crippen LogP contribution >= 0.6 is 11.3 Å². The molecule has 1 N–H and O–H groups in total. The third-order valence-corrected chi connectivity index (χ3v) is 4.22. The van der Waals surface area contributed by atoms with E-state index in [0.717, 1.165) is 30.9 Å². The maximum absolute atomic E-state index is 10.4. The fourth-order valence-electron chi connectivity index (χ4n) is 2.33. The van der Waals surface area contributed by atoms with Gasteiger partial charge in [0.25, 0.3) is 0 Å². The van der Waals surface area contributed by atoms with Gasteiger partial charge in [0.15, 0.2) is 0 Å². The first-order valence-electron chi connectivity index (χ1n) is 6.89. The van der Waals surface area contributed by atoms with Crippen LogP contribution in [0.1, 0.15) is 44.7 Å². The Kier molecular flexibility index (Phi) is 4.95. The molecule has 19 heavy (non-hydrogen) atoms. The van der Waals surface area contributed by atoms with E-state index in [1.54, 1.807) is 6.20 Å². The van der Waals surface area contributed by atoms with Gasteiger partial charge in [-0.25, -0.2) is 4.98 Å². The Morgan fingerprint density at radius 1 is 1.58 bits per heavy atom. The van der Waals surface area contributed by atoms with Crippen molar-refractivity contribution in [2.75, 3.05) is 19.8 Å². The molecule has 1 aromatic rings. The largest absolute Gasteiger partial charge is 0.386 e. The Morgan fingerprint density at radius 3 is 3.00 bits per heavy atom. The molecule has 0 saturated carbocycles. The van der Waals surface area contributed by atoms with Gasteiger partial charge in [0.05, 0.1) is 12.3 Å². The van der Waals surface area contributed by atoms with E-state index in [0.29, 0.717) is 6.73 Å². The minimum Gasteiger partial charge on any atom is -0.386 e. The summed E-state index contributed by atoms with van der Waals surface area (Å²) in [5.41, 5.74) is -0.110. The smallest absolute Gasteiger partial charge is 0.121 e. The van der Waals surface area contributed by atoms with Crippen LogP contribution in [-0.4, -0.2) is 40.4 Å². The van der Waals surface area contributed by atoms with Crippen LogP contribution in [0.4, 0.5) is 0 Å². The Hall–Kier alpha value is -0.490. The first-order chi connectivity index (χ1) is 8.96. The Labute approximate surface area is 119 Å². The summed E-state index contributed by atoms with van der Waals surface area (Å²) in [4.78, 5) is 6.51. The molecule has 1 aliphatic rings. The molecule has 2 unspecified atom stereocenters. The molecule has 108 valence electrons. The van der Waals surface area contributed by atoms with Crippen LogP contribution in [0.2, 0.25) is 0 Å². The molecule has 2 rings (SSSR count). The topological polar surface area (TPSA) is 45.6 Å². The second kappa shape index (κ2) is 6.31. The van der Waals surface area contributed by atoms with Crippen molar-refractivity contribution in [3.8, 4) is 0 Å². The molecule has 0 amide bonds. The van der Waals surface area contributed by atoms with Crippen molar-refractivity contribution in [2.24, 2.45) is 5.92 Å². The van der Waals surface area contributed by atoms with Gasteiger partial charge < -0.3 is 9.84 Å². The van der Waals surface area contributed by atoms with Crippen molar-refractivity contribution >= 4 is 11.3 Å². The fraction of sp³-hybridized carbons (Fsp3) is 0.786. The van der Waals surface area contributed by atoms with Crippen molar-refractivity contribution in [3.63, 3.8) is 0 Å². The summed E-state index contributed by atoms with van der Waals surface area (Å²) in [5.74, 6) is 0.267. The van der Waals surface area contributed by atoms with Crippen molar-refractivity contribution in [1.29, 1.82) is 0 Å². The first kappa shape index (κ1) is 14.9. The lowest BCUT2D eigenvalue weighted by Crippen LogP contribution is -2.41. The zero-order chi connectivity index (χ0) is 13.9. The fourth-order valence-corrected chi connectivity index (χ4v) is 3.05. The highest BCUT2D eigenvalue weighted by Crippen LogP contribution is 2.30. The maximum Gasteiger partial charge on any atom is 0.121 e. The quantitative estimate of drug-likeness (QED) is 0.923. The average molecular weight is 284 g/mol. The van der Waals surface area contributed by atoms with Crippen LogP contribution < -0.4 is 0 Å². The van der Waals surface area contributed by atoms with Crippen LogP contribution in [-0.2, 0) is 4.74 Å². The normalized spacial score (nSPS) is 23.5. The van der Waals surface area contributed by atoms with Gasteiger partial charge in [-0.2, -0.15) is 0 Å². The number of nitrogens with zero attached hydrogens (tertiary/aromatic N) is 2. The summed E-state index contributed by atoms with van der Waals surface area (Å²) >= 11 is 1.53. The zero-order valence-electron chi connectivity index (χ0n) is 12.0. The molecule has 1 aliphatic heterocycles. The van der Waals surface area contributed by atoms with E-state index in [1.807, 2.05) is 5.38 Å². The Morgan fingerprint density at radius 2 is 2.37 bits per heavy atom. The third kappa shape index (κ3) is 4.53. The van der Waals surface area contributed by atoms with Crippen molar-refractivity contribution in [1.82, 2.24) is 9.88 Å². The Bertz CT molecular complexity index is 375. The zero-order valence-corrected chi connectivity index (χ0v) is 12.8. The summed E-state index contributed by atoms with van der Waals surface area (Å²) < 4.78 is 5.82. The van der Waals surface area contributed by atoms with E-state index in [2.05, 4.69) is 30.7 Å². The highest BCUT2D eigenvalue weighted by molar-refractivity contribution is 7.09. The van der Waals surface area contributed by atoms with Crippen molar-refractivity contribution < 1.29 is 9.84 Å². The number of aliphatic hydroxyl groups is 1. The number of ether oxygens (including phenoxy) is 1. The van der Waals surface area contributed by atoms with Gasteiger partial charge in [0.1, 0.15) is 11.1 Å². The van der Waals surface area contributed by atoms with Crippen LogP contribution in [0, 0.1) is 5.92 Å². The minimum absolute atomic E-state index is 0.110. The predicted octanol–water partition coefficient (Wildman–Crippen LogP) is 2.66. The molecule has 0 radical (unpaired) electrons. The van der Waals surface area contributed by atoms with Crippen LogP contribution in [0.3, 0.4) is 0 Å². The summed E-state index contributed by atoms with van der Waals surface area (Å²) in [5, 5.41) is 13.1. The SMILES string of the molecule is CC(C)(C)OCN1CCCC(C(O)c2nccs2)C1. The van der Waals surface area contributed by atoms with E-state index < -0.39 is 6.10 Å². The monoisotopic (exact) mass is 284 g/mol. The number of likely N-dealkylation sites (tertiary alicyclic amines) is 1. The molecule has 5 heteroatoms. The molecule has 0 aliphatic carbocycles. The van der Waals surface area contributed by atoms with E-state index in [4.69, 9.17) is 4.74 Å². The lowest BCUT2D eigenvalue weighted by molar-refractivity contribution is -0.0812. The molecule has 1 fully saturated rings. The van der Waals surface area contributed by atoms with Gasteiger partial charge in [-0.15, -0.1) is 11.3 Å². The van der Waals surface area contributed by atoms with E-state index in [1.165, 1.54) is 11.3 Å². The highest BCUT2D eigenvalue weighted by Gasteiger charge is 2.28. The second-order valence-electron chi connectivity index (χ2n) is 6.18. The lowest BCUT2D eigenvalue weighted by atomic mass is 9.93. The number of thiazole rings is 1. The molecule has 2 atom stereocenters. The number of aliphatic hydroxyl groups excluding tert-OH is 1. The second-order valence-corrected chi connectivity index (χ2v) is 7.11. The standard InChI is InChI=1S/C14H24N2O2S/c1-14(2,3)18-10-16-7-4-5-11(9-16)12(17)13-15-6-8-19-13/h6,8,11-12,17H,4-5,7,9-10H2,1-3H3. The van der Waals surface area contributed by atoms with Crippen molar-refractivity contribution in [3.05, 3.63) is 16.6 Å². The number of piperidine rings is 1. The molecule has 0 bridgehead atoms. The van der Waals surface area contributed by atoms with Gasteiger partial charge in [-0.3, -0.25) is 4.90 Å². The molecule has 4 nitrogen and oxygen atoms in total. The summed E-state index contributed by atoms with van der Waals surface area (Å²) in [7, 11) is 0. The third-order valence-electron chi connectivity index (χ3n) is 3.37. The molecule has 2 heterocycles. The van der Waals surface area contributed by atoms with Gasteiger partial charge in [-0.1, -0.05) is 0 Å². The molecule has 0 spiro atoms. The van der Waals surface area contributed by atoms with Crippen LogP contribution in [0.5, 0.6) is 0 Å². The molecule has 1 aromatic heterocycles. The maximum atomic E-state index is 10.4. The molecular formula is C14H24N2O2S. The van der Waals surface area contributed by atoms with Gasteiger partial charge >= 0.3 is 0 Å². The summed E-state index contributed by atoms with van der Waals surface area (Å²) in [6.45, 7) is 8.79. The molecule has 0 aromatic carbocycles. The number of aromatic nitrogens is 1. The summed E-state index contributed by atoms with van der Waals surface area (Å²) in [6.07, 6.45) is 3.50. The van der Waals surface area contributed by atoms with Gasteiger partial charge in [0, 0.05) is 30.6 Å². The lowest BCUT2D eigenvalue weighted by Gasteiger charge is -2.35. The minimum atomic E-state index is -0.433. The molecule has 1 saturated heterocycles. The predicted molar refractivity (Wildman–Crippen MR) is 77.1 cm³/mol. The number of rotatable bonds is 4. The highest BCUT2D eigenvalue weighted by atomic mass is 32.1. The van der Waals surface area contributed by atoms with Gasteiger partial charge in [0.2, 0.25) is 0 Å². The van der Waals surface area contributed by atoms with E-state index in [-0.39, 0.29) is 11.5 Å². The first-order valence-corrected chi connectivity index (χ1v) is 7.77. The van der Waals surface area contributed by atoms with Gasteiger partial charge in [-0.05, 0) is 33.6 Å². The van der Waals surface area contributed by atoms with Crippen LogP contribution in [0.25, 0.3) is 0 Å². The summed E-state index contributed by atoms with van der Waals surface area (Å²) in [6, 6.07) is 0.